The Balaban J connectivity index is 3.19. The van der Waals surface area contributed by atoms with Crippen LogP contribution in [0.25, 0.3) is 0 Å². The molecule has 21 heavy (non-hydrogen) atoms. The second kappa shape index (κ2) is 6.25. The lowest BCUT2D eigenvalue weighted by atomic mass is 9.84. The van der Waals surface area contributed by atoms with Crippen LogP contribution in [-0.4, -0.2) is 17.1 Å². The van der Waals surface area contributed by atoms with Crippen molar-refractivity contribution in [2.75, 3.05) is 5.32 Å². The minimum atomic E-state index is -4.51. The molecule has 1 unspecified atom stereocenters. The first kappa shape index (κ1) is 17.8. The molecule has 1 aromatic rings. The number of carboxylic acid groups (broad SMARTS) is 1. The molecule has 0 aliphatic heterocycles. The van der Waals surface area contributed by atoms with Crippen molar-refractivity contribution in [1.29, 1.82) is 0 Å². The predicted molar refractivity (Wildman–Crippen MR) is 78.3 cm³/mol. The van der Waals surface area contributed by atoms with Gasteiger partial charge in [0.25, 0.3) is 0 Å². The van der Waals surface area contributed by atoms with Crippen LogP contribution in [0.1, 0.15) is 32.8 Å². The van der Waals surface area contributed by atoms with Crippen LogP contribution in [-0.2, 0) is 11.0 Å². The number of halogens is 4. The van der Waals surface area contributed by atoms with Crippen LogP contribution < -0.4 is 5.32 Å². The maximum absolute atomic E-state index is 13.0. The fourth-order valence-electron chi connectivity index (χ4n) is 1.82. The van der Waals surface area contributed by atoms with Crippen LogP contribution in [0.2, 0.25) is 0 Å². The summed E-state index contributed by atoms with van der Waals surface area (Å²) in [5.74, 6) is -1.06. The van der Waals surface area contributed by atoms with E-state index in [1.165, 1.54) is 12.1 Å². The van der Waals surface area contributed by atoms with Gasteiger partial charge in [0.2, 0.25) is 0 Å². The maximum atomic E-state index is 13.0. The second-order valence-electron chi connectivity index (χ2n) is 5.85. The zero-order valence-electron chi connectivity index (χ0n) is 11.9. The van der Waals surface area contributed by atoms with Gasteiger partial charge < -0.3 is 10.4 Å². The SMILES string of the molecule is CC(C)(C)C(CC(=O)O)Nc1cc(Br)ccc1C(F)(F)F. The average molecular weight is 368 g/mol. The number of alkyl halides is 3. The first-order valence-corrected chi connectivity index (χ1v) is 7.05. The molecule has 0 fully saturated rings. The maximum Gasteiger partial charge on any atom is 0.418 e. The molecule has 0 saturated carbocycles. The van der Waals surface area contributed by atoms with Gasteiger partial charge in [-0.2, -0.15) is 13.2 Å². The zero-order valence-corrected chi connectivity index (χ0v) is 13.5. The number of hydrogen-bond acceptors (Lipinski definition) is 2. The molecule has 118 valence electrons. The van der Waals surface area contributed by atoms with Crippen LogP contribution in [0.4, 0.5) is 18.9 Å². The molecule has 0 aromatic heterocycles. The van der Waals surface area contributed by atoms with Gasteiger partial charge in [-0.1, -0.05) is 36.7 Å². The quantitative estimate of drug-likeness (QED) is 0.805. The third-order valence-corrected chi connectivity index (χ3v) is 3.53. The molecular formula is C14H17BrF3NO2. The van der Waals surface area contributed by atoms with Crippen molar-refractivity contribution in [3.63, 3.8) is 0 Å². The Labute approximate surface area is 129 Å². The molecule has 2 N–H and O–H groups in total. The van der Waals surface area contributed by atoms with Crippen LogP contribution >= 0.6 is 15.9 Å². The Morgan fingerprint density at radius 3 is 2.33 bits per heavy atom. The van der Waals surface area contributed by atoms with E-state index in [4.69, 9.17) is 5.11 Å². The molecule has 7 heteroatoms. The van der Waals surface area contributed by atoms with E-state index in [0.717, 1.165) is 6.07 Å². The molecule has 0 aliphatic carbocycles. The van der Waals surface area contributed by atoms with E-state index in [1.54, 1.807) is 20.8 Å². The minimum absolute atomic E-state index is 0.127. The van der Waals surface area contributed by atoms with Gasteiger partial charge in [0.1, 0.15) is 0 Å². The number of hydrogen-bond donors (Lipinski definition) is 2. The Morgan fingerprint density at radius 2 is 1.90 bits per heavy atom. The highest BCUT2D eigenvalue weighted by Crippen LogP contribution is 2.38. The van der Waals surface area contributed by atoms with Crippen molar-refractivity contribution in [2.24, 2.45) is 5.41 Å². The molecule has 0 radical (unpaired) electrons. The third-order valence-electron chi connectivity index (χ3n) is 3.04. The summed E-state index contributed by atoms with van der Waals surface area (Å²) in [6.45, 7) is 5.33. The number of rotatable bonds is 4. The molecule has 0 amide bonds. The molecule has 0 spiro atoms. The van der Waals surface area contributed by atoms with E-state index < -0.39 is 29.2 Å². The fourth-order valence-corrected chi connectivity index (χ4v) is 2.18. The molecule has 0 aliphatic rings. The fraction of sp³-hybridized carbons (Fsp3) is 0.500. The summed E-state index contributed by atoms with van der Waals surface area (Å²) in [6.07, 6.45) is -4.78. The number of aliphatic carboxylic acids is 1. The molecule has 1 aromatic carbocycles. The van der Waals surface area contributed by atoms with Crippen LogP contribution in [0.3, 0.4) is 0 Å². The van der Waals surface area contributed by atoms with Crippen LogP contribution in [0.5, 0.6) is 0 Å². The Bertz CT molecular complexity index is 524. The molecule has 1 rings (SSSR count). The van der Waals surface area contributed by atoms with Gasteiger partial charge in [0.05, 0.1) is 12.0 Å². The van der Waals surface area contributed by atoms with Gasteiger partial charge in [-0.05, 0) is 23.6 Å². The largest absolute Gasteiger partial charge is 0.481 e. The third kappa shape index (κ3) is 5.22. The minimum Gasteiger partial charge on any atom is -0.481 e. The number of benzene rings is 1. The molecule has 0 heterocycles. The molecule has 0 bridgehead atoms. The van der Waals surface area contributed by atoms with Crippen LogP contribution in [0, 0.1) is 5.41 Å². The predicted octanol–water partition coefficient (Wildman–Crippen LogP) is 4.77. The van der Waals surface area contributed by atoms with Gasteiger partial charge in [0, 0.05) is 16.2 Å². The van der Waals surface area contributed by atoms with Gasteiger partial charge in [-0.3, -0.25) is 4.79 Å². The van der Waals surface area contributed by atoms with Crippen molar-refractivity contribution >= 4 is 27.6 Å². The summed E-state index contributed by atoms with van der Waals surface area (Å²) in [5.41, 5.74) is -1.45. The number of carboxylic acids is 1. The van der Waals surface area contributed by atoms with E-state index in [1.807, 2.05) is 0 Å². The Hall–Kier alpha value is -1.24. The lowest BCUT2D eigenvalue weighted by Gasteiger charge is -2.32. The highest BCUT2D eigenvalue weighted by molar-refractivity contribution is 9.10. The van der Waals surface area contributed by atoms with Gasteiger partial charge in [-0.25, -0.2) is 0 Å². The van der Waals surface area contributed by atoms with Crippen molar-refractivity contribution in [3.8, 4) is 0 Å². The van der Waals surface area contributed by atoms with Gasteiger partial charge >= 0.3 is 12.1 Å². The summed E-state index contributed by atoms with van der Waals surface area (Å²) >= 11 is 3.13. The van der Waals surface area contributed by atoms with Crippen molar-refractivity contribution < 1.29 is 23.1 Å². The van der Waals surface area contributed by atoms with Crippen molar-refractivity contribution in [3.05, 3.63) is 28.2 Å². The average Bonchev–Trinajstić information content (AvgIpc) is 2.24. The topological polar surface area (TPSA) is 49.3 Å². The monoisotopic (exact) mass is 367 g/mol. The van der Waals surface area contributed by atoms with E-state index in [2.05, 4.69) is 21.2 Å². The summed E-state index contributed by atoms with van der Waals surface area (Å²) in [5, 5.41) is 11.7. The summed E-state index contributed by atoms with van der Waals surface area (Å²) in [7, 11) is 0. The number of nitrogens with one attached hydrogen (secondary N) is 1. The van der Waals surface area contributed by atoms with Crippen molar-refractivity contribution in [1.82, 2.24) is 0 Å². The second-order valence-corrected chi connectivity index (χ2v) is 6.76. The van der Waals surface area contributed by atoms with E-state index in [-0.39, 0.29) is 12.1 Å². The molecular weight excluding hydrogens is 351 g/mol. The normalized spacial score (nSPS) is 13.9. The number of anilines is 1. The Morgan fingerprint density at radius 1 is 1.33 bits per heavy atom. The van der Waals surface area contributed by atoms with Gasteiger partial charge in [-0.15, -0.1) is 0 Å². The van der Waals surface area contributed by atoms with Gasteiger partial charge in [0.15, 0.2) is 0 Å². The smallest absolute Gasteiger partial charge is 0.418 e. The van der Waals surface area contributed by atoms with E-state index in [0.29, 0.717) is 4.47 Å². The van der Waals surface area contributed by atoms with E-state index >= 15 is 0 Å². The highest BCUT2D eigenvalue weighted by atomic mass is 79.9. The lowest BCUT2D eigenvalue weighted by Crippen LogP contribution is -2.36. The number of carbonyl (C=O) groups is 1. The molecule has 1 atom stereocenters. The summed E-state index contributed by atoms with van der Waals surface area (Å²) in [6, 6.07) is 2.94. The molecule has 3 nitrogen and oxygen atoms in total. The van der Waals surface area contributed by atoms with Crippen LogP contribution in [0.15, 0.2) is 22.7 Å². The van der Waals surface area contributed by atoms with E-state index in [9.17, 15) is 18.0 Å². The van der Waals surface area contributed by atoms with Crippen molar-refractivity contribution in [2.45, 2.75) is 39.4 Å². The molecule has 0 saturated heterocycles. The lowest BCUT2D eigenvalue weighted by molar-refractivity contribution is -0.137. The first-order valence-electron chi connectivity index (χ1n) is 6.26. The summed E-state index contributed by atoms with van der Waals surface area (Å²) in [4.78, 5) is 10.9. The Kier molecular flexibility index (Phi) is 5.30. The summed E-state index contributed by atoms with van der Waals surface area (Å²) < 4.78 is 39.5. The first-order chi connectivity index (χ1) is 9.41. The highest BCUT2D eigenvalue weighted by Gasteiger charge is 2.35. The standard InChI is InChI=1S/C14H17BrF3NO2/c1-13(2,3)11(7-12(20)21)19-10-6-8(15)4-5-9(10)14(16,17)18/h4-6,11,19H,7H2,1-3H3,(H,20,21). The zero-order chi connectivity index (χ0) is 16.4.